The van der Waals surface area contributed by atoms with E-state index in [0.29, 0.717) is 11.8 Å². The molecule has 0 aromatic carbocycles. The lowest BCUT2D eigenvalue weighted by atomic mass is 10.1. The first-order valence-corrected chi connectivity index (χ1v) is 6.05. The fourth-order valence-electron chi connectivity index (χ4n) is 1.95. The topological polar surface area (TPSA) is 49.7 Å². The third-order valence-corrected chi connectivity index (χ3v) is 3.39. The molecular formula is C11H20O3S. The summed E-state index contributed by atoms with van der Waals surface area (Å²) in [6, 6.07) is 0. The van der Waals surface area contributed by atoms with Crippen LogP contribution < -0.4 is 0 Å². The number of aliphatic hydroxyl groups is 2. The van der Waals surface area contributed by atoms with Crippen molar-refractivity contribution in [1.82, 2.24) is 0 Å². The van der Waals surface area contributed by atoms with Gasteiger partial charge in [-0.2, -0.15) is 0 Å². The second kappa shape index (κ2) is 5.77. The second-order valence-electron chi connectivity index (χ2n) is 4.29. The van der Waals surface area contributed by atoms with Crippen molar-refractivity contribution in [3.8, 4) is 0 Å². The fourth-order valence-corrected chi connectivity index (χ4v) is 2.06. The minimum Gasteiger partial charge on any atom is -0.479 e. The number of hydrogen-bond acceptors (Lipinski definition) is 4. The molecular weight excluding hydrogens is 212 g/mol. The van der Waals surface area contributed by atoms with Crippen molar-refractivity contribution in [3.05, 3.63) is 0 Å². The zero-order valence-electron chi connectivity index (χ0n) is 9.35. The maximum absolute atomic E-state index is 8.77. The third-order valence-electron chi connectivity index (χ3n) is 3.08. The summed E-state index contributed by atoms with van der Waals surface area (Å²) in [5, 5.41) is 17.5. The Balaban J connectivity index is 2.20. The normalized spacial score (nSPS) is 29.3. The van der Waals surface area contributed by atoms with Crippen LogP contribution in [-0.2, 0) is 4.74 Å². The number of unbranched alkanes of at least 4 members (excludes halogenated alkanes) is 2. The minimum atomic E-state index is -1.62. The zero-order chi connectivity index (χ0) is 11.4. The molecule has 88 valence electrons. The van der Waals surface area contributed by atoms with Crippen molar-refractivity contribution >= 4 is 17.3 Å². The molecule has 3 atom stereocenters. The molecule has 1 aliphatic carbocycles. The van der Waals surface area contributed by atoms with Crippen molar-refractivity contribution in [2.24, 2.45) is 11.8 Å². The average molecular weight is 232 g/mol. The van der Waals surface area contributed by atoms with Gasteiger partial charge >= 0.3 is 0 Å². The number of rotatable bonds is 6. The summed E-state index contributed by atoms with van der Waals surface area (Å²) in [5.74, 6) is 1.05. The van der Waals surface area contributed by atoms with E-state index in [9.17, 15) is 0 Å². The molecule has 1 fully saturated rings. The summed E-state index contributed by atoms with van der Waals surface area (Å²) in [6.07, 6.45) is 3.34. The van der Waals surface area contributed by atoms with Gasteiger partial charge in [-0.05, 0) is 24.6 Å². The van der Waals surface area contributed by atoms with Gasteiger partial charge in [0.25, 0.3) is 0 Å². The Bertz CT molecular complexity index is 218. The third kappa shape index (κ3) is 3.70. The summed E-state index contributed by atoms with van der Waals surface area (Å²) in [7, 11) is 0. The van der Waals surface area contributed by atoms with Gasteiger partial charge in [0.15, 0.2) is 0 Å². The maximum Gasteiger partial charge on any atom is 0.222 e. The van der Waals surface area contributed by atoms with Crippen LogP contribution in [0.4, 0.5) is 0 Å². The highest BCUT2D eigenvalue weighted by Crippen LogP contribution is 2.45. The van der Waals surface area contributed by atoms with Gasteiger partial charge in [-0.15, -0.1) is 0 Å². The van der Waals surface area contributed by atoms with E-state index >= 15 is 0 Å². The SMILES string of the molecule is CCCCCC1C(C)C1OC(=S)C(O)O. The lowest BCUT2D eigenvalue weighted by molar-refractivity contribution is 0.000289. The molecule has 0 aromatic rings. The van der Waals surface area contributed by atoms with E-state index in [2.05, 4.69) is 13.8 Å². The molecule has 0 bridgehead atoms. The Morgan fingerprint density at radius 2 is 2.07 bits per heavy atom. The summed E-state index contributed by atoms with van der Waals surface area (Å²) in [4.78, 5) is 0. The van der Waals surface area contributed by atoms with E-state index in [1.807, 2.05) is 0 Å². The molecule has 0 radical (unpaired) electrons. The van der Waals surface area contributed by atoms with Crippen LogP contribution in [0, 0.1) is 11.8 Å². The van der Waals surface area contributed by atoms with Crippen LogP contribution >= 0.6 is 12.2 Å². The quantitative estimate of drug-likeness (QED) is 0.417. The first-order chi connectivity index (χ1) is 7.07. The molecule has 0 saturated heterocycles. The lowest BCUT2D eigenvalue weighted by Crippen LogP contribution is -2.21. The van der Waals surface area contributed by atoms with E-state index in [-0.39, 0.29) is 11.2 Å². The van der Waals surface area contributed by atoms with Crippen molar-refractivity contribution in [2.75, 3.05) is 0 Å². The molecule has 1 saturated carbocycles. The minimum absolute atomic E-state index is 0.0927. The van der Waals surface area contributed by atoms with Gasteiger partial charge in [-0.1, -0.05) is 33.1 Å². The van der Waals surface area contributed by atoms with Crippen LogP contribution in [0.15, 0.2) is 0 Å². The largest absolute Gasteiger partial charge is 0.479 e. The molecule has 4 heteroatoms. The van der Waals surface area contributed by atoms with Crippen molar-refractivity contribution in [3.63, 3.8) is 0 Å². The summed E-state index contributed by atoms with van der Waals surface area (Å²) in [5.41, 5.74) is 0. The van der Waals surface area contributed by atoms with Crippen molar-refractivity contribution < 1.29 is 14.9 Å². The maximum atomic E-state index is 8.77. The number of thiocarbonyl (C=S) groups is 1. The van der Waals surface area contributed by atoms with Crippen LogP contribution in [0.1, 0.15) is 39.5 Å². The summed E-state index contributed by atoms with van der Waals surface area (Å²) >= 11 is 4.71. The Labute approximate surface area is 96.4 Å². The van der Waals surface area contributed by atoms with Gasteiger partial charge in [-0.25, -0.2) is 0 Å². The van der Waals surface area contributed by atoms with Crippen LogP contribution in [0.25, 0.3) is 0 Å². The van der Waals surface area contributed by atoms with Gasteiger partial charge in [0.2, 0.25) is 11.3 Å². The highest BCUT2D eigenvalue weighted by atomic mass is 32.1. The highest BCUT2D eigenvalue weighted by molar-refractivity contribution is 7.80. The monoisotopic (exact) mass is 232 g/mol. The van der Waals surface area contributed by atoms with Crippen LogP contribution in [0.5, 0.6) is 0 Å². The Kier molecular flexibility index (Phi) is 4.96. The van der Waals surface area contributed by atoms with Gasteiger partial charge < -0.3 is 14.9 Å². The molecule has 1 aliphatic rings. The molecule has 1 rings (SSSR count). The van der Waals surface area contributed by atoms with Gasteiger partial charge in [0.1, 0.15) is 6.10 Å². The molecule has 3 unspecified atom stereocenters. The highest BCUT2D eigenvalue weighted by Gasteiger charge is 2.48. The number of ether oxygens (including phenoxy) is 1. The molecule has 0 spiro atoms. The molecule has 0 aromatic heterocycles. The molecule has 0 amide bonds. The van der Waals surface area contributed by atoms with Crippen LogP contribution in [0.3, 0.4) is 0 Å². The number of hydrogen-bond donors (Lipinski definition) is 2. The first-order valence-electron chi connectivity index (χ1n) is 5.64. The van der Waals surface area contributed by atoms with E-state index in [1.165, 1.54) is 19.3 Å². The predicted octanol–water partition coefficient (Wildman–Crippen LogP) is 1.86. The summed E-state index contributed by atoms with van der Waals surface area (Å²) in [6.45, 7) is 4.30. The van der Waals surface area contributed by atoms with E-state index in [4.69, 9.17) is 27.2 Å². The molecule has 0 heterocycles. The van der Waals surface area contributed by atoms with Gasteiger partial charge in [-0.3, -0.25) is 0 Å². The first kappa shape index (κ1) is 12.9. The number of aliphatic hydroxyl groups excluding tert-OH is 1. The molecule has 15 heavy (non-hydrogen) atoms. The van der Waals surface area contributed by atoms with E-state index < -0.39 is 6.29 Å². The van der Waals surface area contributed by atoms with Crippen LogP contribution in [0.2, 0.25) is 0 Å². The van der Waals surface area contributed by atoms with Crippen molar-refractivity contribution in [1.29, 1.82) is 0 Å². The van der Waals surface area contributed by atoms with E-state index in [1.54, 1.807) is 0 Å². The molecule has 3 nitrogen and oxygen atoms in total. The fraction of sp³-hybridized carbons (Fsp3) is 0.909. The smallest absolute Gasteiger partial charge is 0.222 e. The molecule has 0 aliphatic heterocycles. The molecule has 2 N–H and O–H groups in total. The van der Waals surface area contributed by atoms with Crippen molar-refractivity contribution in [2.45, 2.75) is 51.9 Å². The Morgan fingerprint density at radius 1 is 1.40 bits per heavy atom. The predicted molar refractivity (Wildman–Crippen MR) is 62.5 cm³/mol. The lowest BCUT2D eigenvalue weighted by Gasteiger charge is -2.08. The standard InChI is InChI=1S/C11H20O3S/c1-3-4-5-6-8-7(2)9(8)14-11(15)10(12)13/h7-10,12-13H,3-6H2,1-2H3. The average Bonchev–Trinajstić information content (AvgIpc) is 2.77. The van der Waals surface area contributed by atoms with Gasteiger partial charge in [0, 0.05) is 5.92 Å². The van der Waals surface area contributed by atoms with E-state index in [0.717, 1.165) is 6.42 Å². The summed E-state index contributed by atoms with van der Waals surface area (Å²) < 4.78 is 5.31. The Morgan fingerprint density at radius 3 is 2.60 bits per heavy atom. The van der Waals surface area contributed by atoms with Gasteiger partial charge in [0.05, 0.1) is 0 Å². The zero-order valence-corrected chi connectivity index (χ0v) is 10.2. The van der Waals surface area contributed by atoms with Crippen LogP contribution in [-0.4, -0.2) is 27.7 Å². The second-order valence-corrected chi connectivity index (χ2v) is 4.70. The Hall–Kier alpha value is -0.190.